The van der Waals surface area contributed by atoms with E-state index in [1.807, 2.05) is 36.4 Å². The Bertz CT molecular complexity index is 3370. The SMILES string of the molecule is CC(C)(C)c1ccc2c(c1)C1(c3ccccc3-c3ccccc3-c3cc(-c4nc(-c5ccccc5)nc(-c5ccc6c(c5)oc5ccccc56)n4)ccc31)c1ccccc1-2. The van der Waals surface area contributed by atoms with E-state index in [4.69, 9.17) is 19.4 Å². The highest BCUT2D eigenvalue weighted by molar-refractivity contribution is 6.06. The first kappa shape index (κ1) is 34.6. The lowest BCUT2D eigenvalue weighted by molar-refractivity contribution is 0.588. The van der Waals surface area contributed by atoms with Crippen molar-refractivity contribution in [1.82, 2.24) is 15.0 Å². The average Bonchev–Trinajstić information content (AvgIpc) is 3.78. The number of fused-ring (bicyclic) bond motifs is 15. The van der Waals surface area contributed by atoms with Gasteiger partial charge in [0.25, 0.3) is 0 Å². The van der Waals surface area contributed by atoms with Gasteiger partial charge < -0.3 is 4.42 Å². The van der Waals surface area contributed by atoms with Crippen LogP contribution in [0.25, 0.3) is 89.5 Å². The van der Waals surface area contributed by atoms with Crippen molar-refractivity contribution in [3.63, 3.8) is 0 Å². The third-order valence-electron chi connectivity index (χ3n) is 12.7. The maximum Gasteiger partial charge on any atom is 0.164 e. The van der Waals surface area contributed by atoms with Crippen molar-refractivity contribution in [1.29, 1.82) is 0 Å². The van der Waals surface area contributed by atoms with E-state index in [1.165, 1.54) is 55.6 Å². The molecule has 4 heteroatoms. The standard InChI is InChI=1S/C56H39N3O/c1-55(2,3)37-27-29-42-41-20-10-13-23-47(41)56(49(42)33-37)46-22-12-9-19-40(46)38-17-7-8-18-39(38)45-31-35(26-30-48(45)56)53-57-52(34-15-5-4-6-16-34)58-54(59-53)36-25-28-44-43-21-11-14-24-50(43)60-51(44)32-36/h4-33H,1-3H3. The molecule has 0 bridgehead atoms. The van der Waals surface area contributed by atoms with Crippen molar-refractivity contribution in [2.75, 3.05) is 0 Å². The highest BCUT2D eigenvalue weighted by Crippen LogP contribution is 2.62. The van der Waals surface area contributed by atoms with Gasteiger partial charge in [-0.2, -0.15) is 0 Å². The van der Waals surface area contributed by atoms with Crippen LogP contribution in [0.15, 0.2) is 186 Å². The van der Waals surface area contributed by atoms with Crippen LogP contribution >= 0.6 is 0 Å². The zero-order valence-corrected chi connectivity index (χ0v) is 33.6. The predicted molar refractivity (Wildman–Crippen MR) is 244 cm³/mol. The molecule has 1 unspecified atom stereocenters. The van der Waals surface area contributed by atoms with Gasteiger partial charge in [-0.05, 0) is 90.9 Å². The summed E-state index contributed by atoms with van der Waals surface area (Å²) in [5.41, 5.74) is 17.6. The summed E-state index contributed by atoms with van der Waals surface area (Å²) >= 11 is 0. The minimum absolute atomic E-state index is 0.0350. The van der Waals surface area contributed by atoms with E-state index in [9.17, 15) is 0 Å². The normalized spacial score (nSPS) is 15.0. The van der Waals surface area contributed by atoms with Crippen LogP contribution < -0.4 is 0 Å². The van der Waals surface area contributed by atoms with Gasteiger partial charge in [0.05, 0.1) is 5.41 Å². The maximum atomic E-state index is 6.33. The minimum Gasteiger partial charge on any atom is -0.456 e. The molecule has 2 heterocycles. The molecule has 1 atom stereocenters. The van der Waals surface area contributed by atoms with Gasteiger partial charge in [-0.3, -0.25) is 0 Å². The Hall–Kier alpha value is -7.43. The molecule has 0 N–H and O–H groups in total. The van der Waals surface area contributed by atoms with Crippen LogP contribution in [-0.4, -0.2) is 15.0 Å². The summed E-state index contributed by atoms with van der Waals surface area (Å²) in [6.07, 6.45) is 0. The minimum atomic E-state index is -0.585. The van der Waals surface area contributed by atoms with Gasteiger partial charge in [-0.1, -0.05) is 178 Å². The van der Waals surface area contributed by atoms with E-state index in [0.717, 1.165) is 44.2 Å². The van der Waals surface area contributed by atoms with Crippen LogP contribution in [0, 0.1) is 0 Å². The molecule has 8 aromatic carbocycles. The van der Waals surface area contributed by atoms with Crippen molar-refractivity contribution in [2.24, 2.45) is 0 Å². The molecular formula is C56H39N3O. The molecule has 0 saturated heterocycles. The summed E-state index contributed by atoms with van der Waals surface area (Å²) < 4.78 is 6.33. The molecule has 2 aromatic heterocycles. The van der Waals surface area contributed by atoms with E-state index < -0.39 is 5.41 Å². The topological polar surface area (TPSA) is 51.8 Å². The monoisotopic (exact) mass is 769 g/mol. The Morgan fingerprint density at radius 1 is 0.367 bits per heavy atom. The summed E-state index contributed by atoms with van der Waals surface area (Å²) in [6.45, 7) is 6.92. The third-order valence-corrected chi connectivity index (χ3v) is 12.7. The molecule has 10 aromatic rings. The molecule has 60 heavy (non-hydrogen) atoms. The van der Waals surface area contributed by atoms with Crippen molar-refractivity contribution >= 4 is 21.9 Å². The number of rotatable bonds is 3. The van der Waals surface area contributed by atoms with Crippen LogP contribution in [-0.2, 0) is 10.8 Å². The Morgan fingerprint density at radius 2 is 0.883 bits per heavy atom. The molecule has 0 radical (unpaired) electrons. The van der Waals surface area contributed by atoms with Crippen LogP contribution in [0.2, 0.25) is 0 Å². The van der Waals surface area contributed by atoms with Crippen LogP contribution in [0.5, 0.6) is 0 Å². The lowest BCUT2D eigenvalue weighted by Crippen LogP contribution is -2.30. The molecule has 0 aliphatic heterocycles. The van der Waals surface area contributed by atoms with E-state index in [2.05, 4.69) is 166 Å². The second kappa shape index (κ2) is 12.8. The van der Waals surface area contributed by atoms with E-state index in [0.29, 0.717) is 17.5 Å². The number of hydrogen-bond acceptors (Lipinski definition) is 4. The zero-order chi connectivity index (χ0) is 40.2. The fourth-order valence-corrected chi connectivity index (χ4v) is 9.92. The number of hydrogen-bond donors (Lipinski definition) is 0. The fourth-order valence-electron chi connectivity index (χ4n) is 9.92. The first-order valence-electron chi connectivity index (χ1n) is 20.7. The van der Waals surface area contributed by atoms with Gasteiger partial charge in [0.15, 0.2) is 17.5 Å². The fraction of sp³-hybridized carbons (Fsp3) is 0.0893. The highest BCUT2D eigenvalue weighted by atomic mass is 16.3. The molecule has 1 spiro atoms. The summed E-state index contributed by atoms with van der Waals surface area (Å²) in [4.78, 5) is 15.6. The quantitative estimate of drug-likeness (QED) is 0.180. The van der Waals surface area contributed by atoms with Crippen LogP contribution in [0.4, 0.5) is 0 Å². The largest absolute Gasteiger partial charge is 0.456 e. The van der Waals surface area contributed by atoms with Crippen LogP contribution in [0.3, 0.4) is 0 Å². The van der Waals surface area contributed by atoms with Crippen molar-refractivity contribution in [2.45, 2.75) is 31.6 Å². The van der Waals surface area contributed by atoms with Gasteiger partial charge in [0.1, 0.15) is 11.2 Å². The van der Waals surface area contributed by atoms with Crippen molar-refractivity contribution in [3.05, 3.63) is 210 Å². The van der Waals surface area contributed by atoms with Gasteiger partial charge in [-0.25, -0.2) is 15.0 Å². The van der Waals surface area contributed by atoms with Gasteiger partial charge in [0, 0.05) is 27.5 Å². The van der Waals surface area contributed by atoms with Gasteiger partial charge in [-0.15, -0.1) is 0 Å². The smallest absolute Gasteiger partial charge is 0.164 e. The summed E-state index contributed by atoms with van der Waals surface area (Å²) in [5.74, 6) is 1.82. The molecular weight excluding hydrogens is 731 g/mol. The molecule has 4 nitrogen and oxygen atoms in total. The van der Waals surface area contributed by atoms with Crippen molar-refractivity contribution < 1.29 is 4.42 Å². The summed E-state index contributed by atoms with van der Waals surface area (Å²) in [7, 11) is 0. The highest BCUT2D eigenvalue weighted by Gasteiger charge is 2.50. The molecule has 0 amide bonds. The zero-order valence-electron chi connectivity index (χ0n) is 33.6. The van der Waals surface area contributed by atoms with E-state index in [-0.39, 0.29) is 5.41 Å². The first-order chi connectivity index (χ1) is 29.4. The molecule has 12 rings (SSSR count). The lowest BCUT2D eigenvalue weighted by Gasteiger charge is -2.36. The molecule has 2 aliphatic carbocycles. The molecule has 0 fully saturated rings. The predicted octanol–water partition coefficient (Wildman–Crippen LogP) is 14.1. The molecule has 2 aliphatic rings. The van der Waals surface area contributed by atoms with E-state index >= 15 is 0 Å². The average molecular weight is 770 g/mol. The second-order valence-electron chi connectivity index (χ2n) is 17.1. The third kappa shape index (κ3) is 5.00. The Labute approximate surface area is 348 Å². The maximum absolute atomic E-state index is 6.33. The Kier molecular flexibility index (Phi) is 7.37. The summed E-state index contributed by atoms with van der Waals surface area (Å²) in [5, 5.41) is 2.16. The Morgan fingerprint density at radius 3 is 1.60 bits per heavy atom. The number of benzene rings is 8. The van der Waals surface area contributed by atoms with Gasteiger partial charge >= 0.3 is 0 Å². The number of furan rings is 1. The van der Waals surface area contributed by atoms with Crippen LogP contribution in [0.1, 0.15) is 48.6 Å². The summed E-state index contributed by atoms with van der Waals surface area (Å²) in [6, 6.07) is 65.6. The first-order valence-corrected chi connectivity index (χ1v) is 20.7. The number of nitrogens with zero attached hydrogens (tertiary/aromatic N) is 3. The number of aromatic nitrogens is 3. The number of para-hydroxylation sites is 1. The lowest BCUT2D eigenvalue weighted by atomic mass is 9.65. The van der Waals surface area contributed by atoms with Gasteiger partial charge in [0.2, 0.25) is 0 Å². The second-order valence-corrected chi connectivity index (χ2v) is 17.1. The molecule has 284 valence electrons. The van der Waals surface area contributed by atoms with E-state index in [1.54, 1.807) is 0 Å². The molecule has 0 saturated carbocycles. The Balaban J connectivity index is 1.14. The van der Waals surface area contributed by atoms with Crippen molar-refractivity contribution in [3.8, 4) is 67.5 Å².